The maximum atomic E-state index is 12.5. The average Bonchev–Trinajstić information content (AvgIpc) is 3.32. The molecule has 2 amide bonds. The third-order valence-electron chi connectivity index (χ3n) is 4.34. The lowest BCUT2D eigenvalue weighted by atomic mass is 10.1. The number of anilines is 1. The minimum atomic E-state index is -0.382. The van der Waals surface area contributed by atoms with E-state index in [0.717, 1.165) is 21.6 Å². The van der Waals surface area contributed by atoms with Gasteiger partial charge >= 0.3 is 0 Å². The summed E-state index contributed by atoms with van der Waals surface area (Å²) < 4.78 is 0. The zero-order chi connectivity index (χ0) is 20.8. The number of carboxylic acid groups (broad SMARTS) is 1. The van der Waals surface area contributed by atoms with Gasteiger partial charge < -0.3 is 10.4 Å². The van der Waals surface area contributed by atoms with E-state index in [-0.39, 0.29) is 30.6 Å². The number of carbonyl (C=O) groups is 3. The first-order chi connectivity index (χ1) is 14.0. The fourth-order valence-electron chi connectivity index (χ4n) is 2.99. The van der Waals surface area contributed by atoms with Gasteiger partial charge in [0, 0.05) is 18.4 Å². The Morgan fingerprint density at radius 3 is 2.79 bits per heavy atom. The molecule has 9 nitrogen and oxygen atoms in total. The van der Waals surface area contributed by atoms with Crippen LogP contribution in [-0.2, 0) is 20.9 Å². The molecule has 3 aromatic rings. The first-order valence-corrected chi connectivity index (χ1v) is 9.64. The van der Waals surface area contributed by atoms with Gasteiger partial charge in [0.2, 0.25) is 16.9 Å². The summed E-state index contributed by atoms with van der Waals surface area (Å²) in [6, 6.07) is 11.7. The zero-order valence-electron chi connectivity index (χ0n) is 15.6. The number of rotatable bonds is 4. The van der Waals surface area contributed by atoms with Crippen molar-refractivity contribution in [3.05, 3.63) is 47.1 Å². The number of benzene rings is 1. The molecule has 1 aromatic carbocycles. The average molecular weight is 413 g/mol. The number of aryl methyl sites for hydroxylation is 1. The van der Waals surface area contributed by atoms with E-state index in [2.05, 4.69) is 20.5 Å². The van der Waals surface area contributed by atoms with Crippen molar-refractivity contribution < 1.29 is 19.5 Å². The van der Waals surface area contributed by atoms with E-state index in [4.69, 9.17) is 9.90 Å². The van der Waals surface area contributed by atoms with Crippen LogP contribution in [0.4, 0.5) is 5.13 Å². The number of para-hydroxylation sites is 1. The van der Waals surface area contributed by atoms with Gasteiger partial charge in [0.25, 0.3) is 6.47 Å². The number of hydrogen-bond acceptors (Lipinski definition) is 7. The van der Waals surface area contributed by atoms with Crippen molar-refractivity contribution in [1.82, 2.24) is 20.5 Å². The van der Waals surface area contributed by atoms with Crippen molar-refractivity contribution in [2.75, 3.05) is 11.4 Å². The number of nitrogens with zero attached hydrogens (tertiary/aromatic N) is 4. The van der Waals surface area contributed by atoms with Crippen LogP contribution in [0.3, 0.4) is 0 Å². The summed E-state index contributed by atoms with van der Waals surface area (Å²) >= 11 is 1.35. The Kier molecular flexibility index (Phi) is 6.45. The van der Waals surface area contributed by atoms with Gasteiger partial charge in [-0.05, 0) is 19.1 Å². The fourth-order valence-corrected chi connectivity index (χ4v) is 3.71. The van der Waals surface area contributed by atoms with E-state index in [1.54, 1.807) is 4.90 Å². The summed E-state index contributed by atoms with van der Waals surface area (Å²) in [4.78, 5) is 39.1. The number of pyridine rings is 1. The van der Waals surface area contributed by atoms with E-state index in [9.17, 15) is 9.59 Å². The van der Waals surface area contributed by atoms with Crippen LogP contribution in [0.25, 0.3) is 10.9 Å². The smallest absolute Gasteiger partial charge is 0.290 e. The molecule has 0 radical (unpaired) electrons. The SMILES string of the molecule is Cc1nnc(N2CC(C(=O)NCc3ccc4ccccc4n3)CC2=O)s1.O=CO. The maximum Gasteiger partial charge on any atom is 0.290 e. The Morgan fingerprint density at radius 1 is 1.31 bits per heavy atom. The Balaban J connectivity index is 0.000000755. The van der Waals surface area contributed by atoms with E-state index in [0.29, 0.717) is 18.2 Å². The van der Waals surface area contributed by atoms with Gasteiger partial charge in [0.05, 0.1) is 23.7 Å². The van der Waals surface area contributed by atoms with Crippen LogP contribution in [0.1, 0.15) is 17.1 Å². The molecule has 0 bridgehead atoms. The van der Waals surface area contributed by atoms with Gasteiger partial charge in [0.15, 0.2) is 0 Å². The lowest BCUT2D eigenvalue weighted by Crippen LogP contribution is -2.32. The third kappa shape index (κ3) is 4.91. The molecule has 0 spiro atoms. The topological polar surface area (TPSA) is 125 Å². The van der Waals surface area contributed by atoms with Gasteiger partial charge in [-0.25, -0.2) is 0 Å². The Hall–Kier alpha value is -3.40. The van der Waals surface area contributed by atoms with Crippen LogP contribution in [0.2, 0.25) is 0 Å². The number of carbonyl (C=O) groups excluding carboxylic acids is 2. The first kappa shape index (κ1) is 20.3. The molecule has 29 heavy (non-hydrogen) atoms. The lowest BCUT2D eigenvalue weighted by molar-refractivity contribution is -0.126. The molecule has 4 rings (SSSR count). The largest absolute Gasteiger partial charge is 0.483 e. The fraction of sp³-hybridized carbons (Fsp3) is 0.263. The van der Waals surface area contributed by atoms with Crippen molar-refractivity contribution in [2.45, 2.75) is 19.9 Å². The van der Waals surface area contributed by atoms with Crippen molar-refractivity contribution >= 4 is 45.7 Å². The molecule has 1 fully saturated rings. The molecule has 10 heteroatoms. The predicted octanol–water partition coefficient (Wildman–Crippen LogP) is 1.76. The van der Waals surface area contributed by atoms with Crippen LogP contribution < -0.4 is 10.2 Å². The number of aromatic nitrogens is 3. The van der Waals surface area contributed by atoms with Gasteiger partial charge in [-0.3, -0.25) is 24.3 Å². The van der Waals surface area contributed by atoms with Crippen LogP contribution >= 0.6 is 11.3 Å². The van der Waals surface area contributed by atoms with Crippen molar-refractivity contribution in [3.8, 4) is 0 Å². The second-order valence-corrected chi connectivity index (χ2v) is 7.49. The number of amides is 2. The molecule has 1 unspecified atom stereocenters. The van der Waals surface area contributed by atoms with Crippen LogP contribution in [0.5, 0.6) is 0 Å². The summed E-state index contributed by atoms with van der Waals surface area (Å²) in [5.74, 6) is -0.616. The molecule has 0 aliphatic carbocycles. The first-order valence-electron chi connectivity index (χ1n) is 8.82. The molecule has 1 aliphatic heterocycles. The molecule has 0 saturated carbocycles. The minimum absolute atomic E-state index is 0.0925. The molecule has 3 heterocycles. The van der Waals surface area contributed by atoms with Gasteiger partial charge in [0.1, 0.15) is 5.01 Å². The molecule has 1 saturated heterocycles. The maximum absolute atomic E-state index is 12.5. The van der Waals surface area contributed by atoms with E-state index in [1.807, 2.05) is 43.3 Å². The molecule has 150 valence electrons. The monoisotopic (exact) mass is 413 g/mol. The number of nitrogens with one attached hydrogen (secondary N) is 1. The summed E-state index contributed by atoms with van der Waals surface area (Å²) in [6.45, 7) is 2.26. The van der Waals surface area contributed by atoms with E-state index >= 15 is 0 Å². The minimum Gasteiger partial charge on any atom is -0.483 e. The standard InChI is InChI=1S/C18H17N5O2S.CH2O2/c1-11-21-22-18(26-11)23-10-13(8-16(23)24)17(25)19-9-14-7-6-12-4-2-3-5-15(12)20-14;2-1-3/h2-7,13H,8-10H2,1H3,(H,19,25);1H,(H,2,3). The Labute approximate surface area is 170 Å². The number of hydrogen-bond donors (Lipinski definition) is 2. The van der Waals surface area contributed by atoms with Gasteiger partial charge in [-0.15, -0.1) is 10.2 Å². The Morgan fingerprint density at radius 2 is 2.07 bits per heavy atom. The van der Waals surface area contributed by atoms with E-state index in [1.165, 1.54) is 11.3 Å². The third-order valence-corrected chi connectivity index (χ3v) is 5.20. The van der Waals surface area contributed by atoms with Crippen molar-refractivity contribution in [2.24, 2.45) is 5.92 Å². The summed E-state index contributed by atoms with van der Waals surface area (Å²) in [5.41, 5.74) is 1.69. The predicted molar refractivity (Wildman–Crippen MR) is 107 cm³/mol. The molecular formula is C19H19N5O4S. The summed E-state index contributed by atoms with van der Waals surface area (Å²) in [7, 11) is 0. The highest BCUT2D eigenvalue weighted by atomic mass is 32.1. The summed E-state index contributed by atoms with van der Waals surface area (Å²) in [5, 5.41) is 20.1. The van der Waals surface area contributed by atoms with Crippen LogP contribution in [0, 0.1) is 12.8 Å². The second-order valence-electron chi connectivity index (χ2n) is 6.33. The summed E-state index contributed by atoms with van der Waals surface area (Å²) in [6.07, 6.45) is 0.190. The molecule has 2 aromatic heterocycles. The van der Waals surface area contributed by atoms with Gasteiger partial charge in [-0.2, -0.15) is 0 Å². The van der Waals surface area contributed by atoms with Crippen molar-refractivity contribution in [1.29, 1.82) is 0 Å². The second kappa shape index (κ2) is 9.20. The molecular weight excluding hydrogens is 394 g/mol. The van der Waals surface area contributed by atoms with Crippen LogP contribution in [0.15, 0.2) is 36.4 Å². The Bertz CT molecular complexity index is 1040. The van der Waals surface area contributed by atoms with E-state index < -0.39 is 0 Å². The highest BCUT2D eigenvalue weighted by Crippen LogP contribution is 2.27. The van der Waals surface area contributed by atoms with Crippen molar-refractivity contribution in [3.63, 3.8) is 0 Å². The number of fused-ring (bicyclic) bond motifs is 1. The van der Waals surface area contributed by atoms with Crippen LogP contribution in [-0.4, -0.2) is 45.1 Å². The molecule has 1 atom stereocenters. The molecule has 2 N–H and O–H groups in total. The van der Waals surface area contributed by atoms with Gasteiger partial charge in [-0.1, -0.05) is 35.6 Å². The lowest BCUT2D eigenvalue weighted by Gasteiger charge is -2.12. The molecule has 1 aliphatic rings. The zero-order valence-corrected chi connectivity index (χ0v) is 16.4. The normalized spacial score (nSPS) is 15.7. The highest BCUT2D eigenvalue weighted by Gasteiger charge is 2.36. The highest BCUT2D eigenvalue weighted by molar-refractivity contribution is 7.15. The quantitative estimate of drug-likeness (QED) is 0.624.